The largest absolute Gasteiger partial charge is 0.498 e. The molecule has 0 saturated carbocycles. The van der Waals surface area contributed by atoms with E-state index in [4.69, 9.17) is 30.2 Å². The number of aromatic nitrogens is 2. The minimum absolute atomic E-state index is 0.368. The highest BCUT2D eigenvalue weighted by Gasteiger charge is 2.52. The molecule has 0 radical (unpaired) electrons. The topological polar surface area (TPSA) is 115 Å². The van der Waals surface area contributed by atoms with Crippen LogP contribution in [-0.2, 0) is 9.31 Å². The highest BCUT2D eigenvalue weighted by atomic mass is 79.9. The van der Waals surface area contributed by atoms with Crippen LogP contribution in [0.4, 0.5) is 11.4 Å². The number of thiazole rings is 2. The van der Waals surface area contributed by atoms with Crippen LogP contribution in [0.5, 0.6) is 11.5 Å². The van der Waals surface area contributed by atoms with Gasteiger partial charge in [0.2, 0.25) is 0 Å². The fourth-order valence-electron chi connectivity index (χ4n) is 3.77. The van der Waals surface area contributed by atoms with E-state index in [1.807, 2.05) is 82.6 Å². The van der Waals surface area contributed by atoms with E-state index in [9.17, 15) is 0 Å². The molecule has 1 saturated heterocycles. The van der Waals surface area contributed by atoms with Crippen LogP contribution >= 0.6 is 38.6 Å². The highest BCUT2D eigenvalue weighted by molar-refractivity contribution is 9.10. The van der Waals surface area contributed by atoms with E-state index in [0.29, 0.717) is 22.9 Å². The molecule has 12 heteroatoms. The summed E-state index contributed by atoms with van der Waals surface area (Å²) in [5.74, 6) is 1.32. The van der Waals surface area contributed by atoms with E-state index < -0.39 is 7.12 Å². The summed E-state index contributed by atoms with van der Waals surface area (Å²) in [7, 11) is 2.77. The Morgan fingerprint density at radius 1 is 0.800 bits per heavy atom. The average Bonchev–Trinajstić information content (AvgIpc) is 3.55. The fourth-order valence-corrected chi connectivity index (χ4v) is 5.52. The summed E-state index contributed by atoms with van der Waals surface area (Å²) in [6.07, 6.45) is 0. The van der Waals surface area contributed by atoms with Gasteiger partial charge in [-0.25, -0.2) is 9.97 Å². The predicted molar refractivity (Wildman–Crippen MR) is 171 cm³/mol. The summed E-state index contributed by atoms with van der Waals surface area (Å²) >= 11 is 6.49. The van der Waals surface area contributed by atoms with Gasteiger partial charge in [0.1, 0.15) is 10.4 Å². The number of para-hydroxylation sites is 2. The van der Waals surface area contributed by atoms with Crippen molar-refractivity contribution in [3.05, 3.63) is 61.8 Å². The summed E-state index contributed by atoms with van der Waals surface area (Å²) in [4.78, 5) is 8.46. The molecule has 1 aliphatic heterocycles. The van der Waals surface area contributed by atoms with Crippen LogP contribution in [0.15, 0.2) is 51.8 Å². The van der Waals surface area contributed by atoms with E-state index >= 15 is 0 Å². The number of hydrogen-bond donors (Lipinski definition) is 2. The number of hydrogen-bond acceptors (Lipinski definition) is 10. The van der Waals surface area contributed by atoms with Crippen LogP contribution in [-0.4, -0.2) is 42.5 Å². The molecule has 2 aromatic heterocycles. The van der Waals surface area contributed by atoms with Crippen LogP contribution in [0.3, 0.4) is 0 Å². The van der Waals surface area contributed by atoms with Crippen molar-refractivity contribution in [1.29, 1.82) is 0 Å². The SMILES string of the molecule is COc1c(N)cccc1-c1csc(C)n1.COc1c(N)cccc1B1OC(C)(C)C(C)(C)O1.Cc1nc(Br)cs1. The standard InChI is InChI=1S/C13H20BNO3.C11H12N2OS.C4H4BrNS/c1-12(2)13(3,4)18-14(17-12)9-7-6-8-10(15)11(9)16-5;1-7-13-10(6-15-7)8-4-3-5-9(12)11(8)14-2;1-3-6-4(5)2-7-3/h6-8H,15H2,1-5H3;3-6H,12H2,1-2H3;2H,1H3. The molecule has 0 unspecified atom stereocenters. The van der Waals surface area contributed by atoms with Gasteiger partial charge in [0, 0.05) is 21.8 Å². The molecule has 40 heavy (non-hydrogen) atoms. The maximum atomic E-state index is 5.99. The first-order chi connectivity index (χ1) is 18.8. The van der Waals surface area contributed by atoms with Crippen LogP contribution < -0.4 is 26.4 Å². The first-order valence-corrected chi connectivity index (χ1v) is 15.1. The van der Waals surface area contributed by atoms with Gasteiger partial charge in [0.15, 0.2) is 5.75 Å². The second kappa shape index (κ2) is 13.4. The van der Waals surface area contributed by atoms with Crippen molar-refractivity contribution in [2.45, 2.75) is 52.7 Å². The normalized spacial score (nSPS) is 15.0. The molecule has 8 nitrogen and oxygen atoms in total. The van der Waals surface area contributed by atoms with Gasteiger partial charge in [-0.15, -0.1) is 22.7 Å². The molecule has 2 aromatic carbocycles. The molecule has 4 aromatic rings. The smallest absolute Gasteiger partial charge is 0.495 e. The number of aryl methyl sites for hydroxylation is 2. The third-order valence-corrected chi connectivity index (χ3v) is 8.78. The molecule has 1 fully saturated rings. The molecule has 214 valence electrons. The minimum Gasteiger partial charge on any atom is -0.495 e. The molecule has 0 spiro atoms. The lowest BCUT2D eigenvalue weighted by Crippen LogP contribution is -2.41. The Kier molecular flexibility index (Phi) is 10.6. The second-order valence-electron chi connectivity index (χ2n) is 9.93. The molecule has 3 heterocycles. The Morgan fingerprint density at radius 2 is 1.32 bits per heavy atom. The molecule has 4 N–H and O–H groups in total. The number of methoxy groups -OCH3 is 2. The number of ether oxygens (including phenoxy) is 2. The summed E-state index contributed by atoms with van der Waals surface area (Å²) in [5.41, 5.74) is 14.9. The zero-order chi connectivity index (χ0) is 29.7. The third kappa shape index (κ3) is 7.55. The van der Waals surface area contributed by atoms with E-state index in [2.05, 4.69) is 25.9 Å². The zero-order valence-electron chi connectivity index (χ0n) is 24.1. The summed E-state index contributed by atoms with van der Waals surface area (Å²) < 4.78 is 23.5. The van der Waals surface area contributed by atoms with Crippen molar-refractivity contribution >= 4 is 62.6 Å². The quantitative estimate of drug-likeness (QED) is 0.191. The number of benzene rings is 2. The lowest BCUT2D eigenvalue weighted by Gasteiger charge is -2.32. The fraction of sp³-hybridized carbons (Fsp3) is 0.357. The number of rotatable bonds is 4. The maximum absolute atomic E-state index is 5.99. The lowest BCUT2D eigenvalue weighted by molar-refractivity contribution is 0.00578. The van der Waals surface area contributed by atoms with Gasteiger partial charge >= 0.3 is 7.12 Å². The third-order valence-electron chi connectivity index (χ3n) is 6.52. The number of nitrogen functional groups attached to an aromatic ring is 2. The monoisotopic (exact) mass is 646 g/mol. The Labute approximate surface area is 253 Å². The van der Waals surface area contributed by atoms with Gasteiger partial charge < -0.3 is 30.2 Å². The van der Waals surface area contributed by atoms with Gasteiger partial charge in [0.05, 0.1) is 52.5 Å². The number of halogens is 1. The second-order valence-corrected chi connectivity index (χ2v) is 12.9. The van der Waals surface area contributed by atoms with Crippen LogP contribution in [0.1, 0.15) is 37.7 Å². The van der Waals surface area contributed by atoms with Crippen molar-refractivity contribution in [3.8, 4) is 22.8 Å². The molecule has 0 amide bonds. The van der Waals surface area contributed by atoms with Crippen LogP contribution in [0.2, 0.25) is 0 Å². The van der Waals surface area contributed by atoms with E-state index in [-0.39, 0.29) is 11.2 Å². The van der Waals surface area contributed by atoms with Gasteiger partial charge in [0.25, 0.3) is 0 Å². The Bertz CT molecular complexity index is 1390. The first kappa shape index (κ1) is 31.9. The van der Waals surface area contributed by atoms with Gasteiger partial charge in [-0.05, 0) is 75.7 Å². The van der Waals surface area contributed by atoms with Crippen LogP contribution in [0, 0.1) is 13.8 Å². The van der Waals surface area contributed by atoms with Crippen molar-refractivity contribution < 1.29 is 18.8 Å². The van der Waals surface area contributed by atoms with E-state index in [0.717, 1.165) is 31.3 Å². The van der Waals surface area contributed by atoms with Crippen molar-refractivity contribution in [2.75, 3.05) is 25.7 Å². The molecule has 1 aliphatic rings. The van der Waals surface area contributed by atoms with Gasteiger partial charge in [-0.2, -0.15) is 0 Å². The van der Waals surface area contributed by atoms with Crippen molar-refractivity contribution in [2.24, 2.45) is 0 Å². The average molecular weight is 647 g/mol. The molecular formula is C28H36BBrN4O4S2. The van der Waals surface area contributed by atoms with E-state index in [1.165, 1.54) is 0 Å². The summed E-state index contributed by atoms with van der Waals surface area (Å²) in [6.45, 7) is 12.0. The highest BCUT2D eigenvalue weighted by Crippen LogP contribution is 2.38. The van der Waals surface area contributed by atoms with Crippen LogP contribution in [0.25, 0.3) is 11.3 Å². The lowest BCUT2D eigenvalue weighted by atomic mass is 9.78. The Hall–Kier alpha value is -2.64. The van der Waals surface area contributed by atoms with Gasteiger partial charge in [-0.3, -0.25) is 0 Å². The maximum Gasteiger partial charge on any atom is 0.498 e. The Balaban J connectivity index is 0.000000180. The zero-order valence-corrected chi connectivity index (χ0v) is 27.3. The first-order valence-electron chi connectivity index (χ1n) is 12.5. The summed E-state index contributed by atoms with van der Waals surface area (Å²) in [6, 6.07) is 11.3. The molecule has 0 aliphatic carbocycles. The Morgan fingerprint density at radius 3 is 1.77 bits per heavy atom. The number of anilines is 2. The molecule has 0 atom stereocenters. The minimum atomic E-state index is -0.451. The van der Waals surface area contributed by atoms with Crippen molar-refractivity contribution in [3.63, 3.8) is 0 Å². The predicted octanol–water partition coefficient (Wildman–Crippen LogP) is 6.50. The van der Waals surface area contributed by atoms with Crippen molar-refractivity contribution in [1.82, 2.24) is 9.97 Å². The van der Waals surface area contributed by atoms with Gasteiger partial charge in [-0.1, -0.05) is 18.2 Å². The molecular weight excluding hydrogens is 611 g/mol. The molecule has 5 rings (SSSR count). The number of nitrogens with zero attached hydrogens (tertiary/aromatic N) is 2. The summed E-state index contributed by atoms with van der Waals surface area (Å²) in [5, 5.41) is 6.11. The molecule has 0 bridgehead atoms. The van der Waals surface area contributed by atoms with E-state index in [1.54, 1.807) is 43.0 Å². The number of nitrogens with two attached hydrogens (primary N) is 2.